The van der Waals surface area contributed by atoms with Crippen LogP contribution < -0.4 is 0 Å². The summed E-state index contributed by atoms with van der Waals surface area (Å²) in [6.45, 7) is 14.7. The lowest BCUT2D eigenvalue weighted by Crippen LogP contribution is -2.04. The highest BCUT2D eigenvalue weighted by molar-refractivity contribution is 5.74. The summed E-state index contributed by atoms with van der Waals surface area (Å²) in [4.78, 5) is 13.1. The molecule has 0 aliphatic rings. The topological polar surface area (TPSA) is 63.8 Å². The minimum Gasteiger partial charge on any atom is -0.395 e. The van der Waals surface area contributed by atoms with Crippen molar-refractivity contribution in [3.05, 3.63) is 17.8 Å². The summed E-state index contributed by atoms with van der Waals surface area (Å²) < 4.78 is 1.86. The maximum Gasteiger partial charge on any atom is 0.163 e. The van der Waals surface area contributed by atoms with Gasteiger partial charge in [0.05, 0.1) is 18.6 Å². The van der Waals surface area contributed by atoms with Crippen LogP contribution in [0.3, 0.4) is 0 Å². The quantitative estimate of drug-likeness (QED) is 0.937. The number of nitrogens with zero attached hydrogens (tertiary/aromatic N) is 4. The Balaban J connectivity index is 0.000000829. The third-order valence-electron chi connectivity index (χ3n) is 2.49. The van der Waals surface area contributed by atoms with E-state index in [9.17, 15) is 0 Å². The monoisotopic (exact) mass is 280 g/mol. The first-order chi connectivity index (χ1) is 9.63. The Kier molecular flexibility index (Phi) is 8.72. The smallest absolute Gasteiger partial charge is 0.163 e. The van der Waals surface area contributed by atoms with Crippen LogP contribution in [-0.2, 0) is 6.54 Å². The van der Waals surface area contributed by atoms with Gasteiger partial charge in [-0.05, 0) is 12.8 Å². The maximum absolute atomic E-state index is 8.95. The van der Waals surface area contributed by atoms with Gasteiger partial charge in [0.1, 0.15) is 11.3 Å². The number of aliphatic hydroxyl groups is 1. The zero-order valence-corrected chi connectivity index (χ0v) is 13.8. The van der Waals surface area contributed by atoms with Crippen molar-refractivity contribution in [2.24, 2.45) is 0 Å². The number of hydrogen-bond donors (Lipinski definition) is 1. The molecule has 2 rings (SSSR count). The van der Waals surface area contributed by atoms with Crippen molar-refractivity contribution in [3.63, 3.8) is 0 Å². The fourth-order valence-electron chi connectivity index (χ4n) is 1.75. The molecule has 2 heterocycles. The van der Waals surface area contributed by atoms with E-state index in [1.807, 2.05) is 39.2 Å². The highest BCUT2D eigenvalue weighted by Gasteiger charge is 2.13. The van der Waals surface area contributed by atoms with Crippen LogP contribution in [0.1, 0.15) is 59.0 Å². The zero-order chi connectivity index (χ0) is 15.7. The average molecular weight is 280 g/mol. The van der Waals surface area contributed by atoms with Crippen LogP contribution in [0, 0.1) is 6.92 Å². The van der Waals surface area contributed by atoms with Gasteiger partial charge in [0.2, 0.25) is 0 Å². The highest BCUT2D eigenvalue weighted by atomic mass is 16.3. The van der Waals surface area contributed by atoms with E-state index in [4.69, 9.17) is 5.11 Å². The van der Waals surface area contributed by atoms with Crippen molar-refractivity contribution in [2.75, 3.05) is 6.61 Å². The third kappa shape index (κ3) is 4.27. The zero-order valence-electron chi connectivity index (χ0n) is 13.8. The molecule has 0 aromatic carbocycles. The van der Waals surface area contributed by atoms with E-state index in [1.54, 1.807) is 6.33 Å². The maximum atomic E-state index is 8.95. The van der Waals surface area contributed by atoms with Gasteiger partial charge in [-0.2, -0.15) is 0 Å². The second-order valence-electron chi connectivity index (χ2n) is 4.14. The molecule has 0 amide bonds. The summed E-state index contributed by atoms with van der Waals surface area (Å²) in [7, 11) is 0. The number of imidazole rings is 1. The summed E-state index contributed by atoms with van der Waals surface area (Å²) >= 11 is 0. The number of aryl methyl sites for hydroxylation is 1. The van der Waals surface area contributed by atoms with Crippen molar-refractivity contribution in [2.45, 2.75) is 60.9 Å². The standard InChI is InChI=1S/C11H16N4O.2C2H6/c1-7(2)9-10-11(14-8(3)13-9)15(4-5-16)6-12-10;2*1-2/h6-7,16H,4-5H2,1-3H3;2*1-2H3. The Bertz CT molecular complexity index is 506. The molecule has 0 atom stereocenters. The predicted molar refractivity (Wildman–Crippen MR) is 83.9 cm³/mol. The fourth-order valence-corrected chi connectivity index (χ4v) is 1.75. The van der Waals surface area contributed by atoms with Crippen LogP contribution in [0.4, 0.5) is 0 Å². The van der Waals surface area contributed by atoms with Crippen LogP contribution in [0.2, 0.25) is 0 Å². The van der Waals surface area contributed by atoms with Crippen LogP contribution in [0.5, 0.6) is 0 Å². The van der Waals surface area contributed by atoms with Gasteiger partial charge in [-0.15, -0.1) is 0 Å². The van der Waals surface area contributed by atoms with Gasteiger partial charge in [0.25, 0.3) is 0 Å². The highest BCUT2D eigenvalue weighted by Crippen LogP contribution is 2.21. The van der Waals surface area contributed by atoms with Gasteiger partial charge in [-0.1, -0.05) is 41.5 Å². The molecular formula is C15H28N4O. The van der Waals surface area contributed by atoms with E-state index in [-0.39, 0.29) is 6.61 Å². The van der Waals surface area contributed by atoms with Crippen LogP contribution >= 0.6 is 0 Å². The first-order valence-corrected chi connectivity index (χ1v) is 7.43. The van der Waals surface area contributed by atoms with Gasteiger partial charge in [-0.3, -0.25) is 0 Å². The molecular weight excluding hydrogens is 252 g/mol. The Morgan fingerprint density at radius 1 is 1.15 bits per heavy atom. The van der Waals surface area contributed by atoms with Gasteiger partial charge < -0.3 is 9.67 Å². The lowest BCUT2D eigenvalue weighted by molar-refractivity contribution is 0.277. The molecule has 0 bridgehead atoms. The van der Waals surface area contributed by atoms with Crippen molar-refractivity contribution >= 4 is 11.2 Å². The Morgan fingerprint density at radius 3 is 2.25 bits per heavy atom. The number of hydrogen-bond acceptors (Lipinski definition) is 4. The number of aromatic nitrogens is 4. The van der Waals surface area contributed by atoms with E-state index >= 15 is 0 Å². The summed E-state index contributed by atoms with van der Waals surface area (Å²) in [6.07, 6.45) is 1.71. The molecule has 0 aliphatic heterocycles. The summed E-state index contributed by atoms with van der Waals surface area (Å²) in [5, 5.41) is 8.95. The van der Waals surface area contributed by atoms with Gasteiger partial charge >= 0.3 is 0 Å². The Hall–Kier alpha value is -1.49. The number of rotatable bonds is 3. The minimum atomic E-state index is 0.0888. The van der Waals surface area contributed by atoms with Gasteiger partial charge in [-0.25, -0.2) is 15.0 Å². The molecule has 0 fully saturated rings. The summed E-state index contributed by atoms with van der Waals surface area (Å²) in [6, 6.07) is 0. The molecule has 0 saturated carbocycles. The Morgan fingerprint density at radius 2 is 1.75 bits per heavy atom. The number of fused-ring (bicyclic) bond motifs is 1. The fraction of sp³-hybridized carbons (Fsp3) is 0.667. The first kappa shape index (κ1) is 18.5. The van der Waals surface area contributed by atoms with Crippen LogP contribution in [0.15, 0.2) is 6.33 Å². The van der Waals surface area contributed by atoms with Gasteiger partial charge in [0, 0.05) is 6.54 Å². The van der Waals surface area contributed by atoms with E-state index in [0.29, 0.717) is 12.5 Å². The van der Waals surface area contributed by atoms with Crippen molar-refractivity contribution in [1.29, 1.82) is 0 Å². The minimum absolute atomic E-state index is 0.0888. The molecule has 0 saturated heterocycles. The Labute approximate surface area is 122 Å². The molecule has 5 heteroatoms. The SMILES string of the molecule is CC.CC.Cc1nc(C(C)C)c2ncn(CCO)c2n1. The van der Waals surface area contributed by atoms with Crippen molar-refractivity contribution in [1.82, 2.24) is 19.5 Å². The summed E-state index contributed by atoms with van der Waals surface area (Å²) in [5.74, 6) is 1.07. The second-order valence-corrected chi connectivity index (χ2v) is 4.14. The summed E-state index contributed by atoms with van der Waals surface area (Å²) in [5.41, 5.74) is 2.62. The lowest BCUT2D eigenvalue weighted by atomic mass is 10.1. The largest absolute Gasteiger partial charge is 0.395 e. The molecule has 0 unspecified atom stereocenters. The van der Waals surface area contributed by atoms with E-state index < -0.39 is 0 Å². The van der Waals surface area contributed by atoms with Crippen molar-refractivity contribution < 1.29 is 5.11 Å². The molecule has 0 aliphatic carbocycles. The average Bonchev–Trinajstić information content (AvgIpc) is 2.86. The predicted octanol–water partition coefficient (Wildman–Crippen LogP) is 3.30. The molecule has 5 nitrogen and oxygen atoms in total. The normalized spacial score (nSPS) is 9.85. The molecule has 0 spiro atoms. The molecule has 114 valence electrons. The van der Waals surface area contributed by atoms with Crippen LogP contribution in [0.25, 0.3) is 11.2 Å². The van der Waals surface area contributed by atoms with E-state index in [0.717, 1.165) is 22.7 Å². The van der Waals surface area contributed by atoms with Gasteiger partial charge in [0.15, 0.2) is 5.65 Å². The molecule has 0 radical (unpaired) electrons. The van der Waals surface area contributed by atoms with Crippen molar-refractivity contribution in [3.8, 4) is 0 Å². The second kappa shape index (κ2) is 9.42. The van der Waals surface area contributed by atoms with E-state index in [2.05, 4.69) is 28.8 Å². The number of aliphatic hydroxyl groups excluding tert-OH is 1. The third-order valence-corrected chi connectivity index (χ3v) is 2.49. The molecule has 2 aromatic heterocycles. The van der Waals surface area contributed by atoms with Crippen LogP contribution in [-0.4, -0.2) is 31.2 Å². The molecule has 2 aromatic rings. The molecule has 20 heavy (non-hydrogen) atoms. The molecule has 1 N–H and O–H groups in total. The first-order valence-electron chi connectivity index (χ1n) is 7.43. The van der Waals surface area contributed by atoms with E-state index in [1.165, 1.54) is 0 Å². The lowest BCUT2D eigenvalue weighted by Gasteiger charge is -2.07.